The zero-order valence-corrected chi connectivity index (χ0v) is 9.49. The summed E-state index contributed by atoms with van der Waals surface area (Å²) >= 11 is 0. The van der Waals surface area contributed by atoms with E-state index in [0.717, 1.165) is 32.8 Å². The van der Waals surface area contributed by atoms with Crippen LogP contribution >= 0.6 is 0 Å². The molecule has 0 bridgehead atoms. The average molecular weight is 209 g/mol. The molecule has 2 heterocycles. The van der Waals surface area contributed by atoms with Crippen molar-refractivity contribution in [3.05, 3.63) is 17.5 Å². The second-order valence-corrected chi connectivity index (χ2v) is 3.87. The molecule has 0 fully saturated rings. The SMILES string of the molecule is CCOCC1CNCc2nn(CC)cc21. The Morgan fingerprint density at radius 3 is 3.20 bits per heavy atom. The number of aromatic nitrogens is 2. The molecule has 1 atom stereocenters. The smallest absolute Gasteiger partial charge is 0.0798 e. The lowest BCUT2D eigenvalue weighted by Gasteiger charge is -2.21. The summed E-state index contributed by atoms with van der Waals surface area (Å²) in [7, 11) is 0. The summed E-state index contributed by atoms with van der Waals surface area (Å²) in [6.45, 7) is 8.57. The van der Waals surface area contributed by atoms with E-state index in [9.17, 15) is 0 Å². The lowest BCUT2D eigenvalue weighted by atomic mass is 9.97. The maximum atomic E-state index is 5.50. The van der Waals surface area contributed by atoms with Crippen molar-refractivity contribution >= 4 is 0 Å². The van der Waals surface area contributed by atoms with E-state index in [4.69, 9.17) is 4.74 Å². The molecule has 0 spiro atoms. The van der Waals surface area contributed by atoms with Crippen molar-refractivity contribution in [2.75, 3.05) is 19.8 Å². The molecule has 1 N–H and O–H groups in total. The Hall–Kier alpha value is -0.870. The molecule has 84 valence electrons. The lowest BCUT2D eigenvalue weighted by molar-refractivity contribution is 0.129. The van der Waals surface area contributed by atoms with Gasteiger partial charge in [-0.1, -0.05) is 0 Å². The van der Waals surface area contributed by atoms with Gasteiger partial charge in [0.1, 0.15) is 0 Å². The van der Waals surface area contributed by atoms with Crippen LogP contribution < -0.4 is 5.32 Å². The molecule has 15 heavy (non-hydrogen) atoms. The van der Waals surface area contributed by atoms with Crippen LogP contribution in [0.15, 0.2) is 6.20 Å². The average Bonchev–Trinajstić information content (AvgIpc) is 2.69. The third-order valence-electron chi connectivity index (χ3n) is 2.84. The highest BCUT2D eigenvalue weighted by Gasteiger charge is 2.22. The summed E-state index contributed by atoms with van der Waals surface area (Å²) in [6.07, 6.45) is 2.17. The van der Waals surface area contributed by atoms with E-state index in [0.29, 0.717) is 5.92 Å². The van der Waals surface area contributed by atoms with Crippen molar-refractivity contribution < 1.29 is 4.74 Å². The topological polar surface area (TPSA) is 39.1 Å². The highest BCUT2D eigenvalue weighted by molar-refractivity contribution is 5.25. The van der Waals surface area contributed by atoms with Crippen molar-refractivity contribution in [3.63, 3.8) is 0 Å². The summed E-state index contributed by atoms with van der Waals surface area (Å²) < 4.78 is 7.51. The van der Waals surface area contributed by atoms with Crippen LogP contribution in [0.1, 0.15) is 31.0 Å². The minimum absolute atomic E-state index is 0.467. The first-order chi connectivity index (χ1) is 7.35. The largest absolute Gasteiger partial charge is 0.381 e. The summed E-state index contributed by atoms with van der Waals surface area (Å²) in [5.41, 5.74) is 2.55. The van der Waals surface area contributed by atoms with E-state index < -0.39 is 0 Å². The van der Waals surface area contributed by atoms with Crippen LogP contribution in [0.3, 0.4) is 0 Å². The lowest BCUT2D eigenvalue weighted by Crippen LogP contribution is -2.30. The van der Waals surface area contributed by atoms with Crippen molar-refractivity contribution in [3.8, 4) is 0 Å². The van der Waals surface area contributed by atoms with Gasteiger partial charge in [0.25, 0.3) is 0 Å². The number of hydrogen-bond donors (Lipinski definition) is 1. The van der Waals surface area contributed by atoms with E-state index in [1.807, 2.05) is 11.6 Å². The maximum Gasteiger partial charge on any atom is 0.0798 e. The zero-order chi connectivity index (χ0) is 10.7. The number of aryl methyl sites for hydroxylation is 1. The molecule has 0 saturated heterocycles. The van der Waals surface area contributed by atoms with E-state index >= 15 is 0 Å². The third kappa shape index (κ3) is 2.21. The fraction of sp³-hybridized carbons (Fsp3) is 0.727. The number of nitrogens with one attached hydrogen (secondary N) is 1. The first-order valence-electron chi connectivity index (χ1n) is 5.69. The zero-order valence-electron chi connectivity index (χ0n) is 9.49. The second kappa shape index (κ2) is 4.77. The molecule has 2 rings (SSSR count). The number of fused-ring (bicyclic) bond motifs is 1. The predicted octanol–water partition coefficient (Wildman–Crippen LogP) is 1.13. The van der Waals surface area contributed by atoms with Crippen molar-refractivity contribution in [1.82, 2.24) is 15.1 Å². The Labute approximate surface area is 90.6 Å². The van der Waals surface area contributed by atoms with Gasteiger partial charge in [-0.25, -0.2) is 0 Å². The van der Waals surface area contributed by atoms with Gasteiger partial charge in [0.2, 0.25) is 0 Å². The second-order valence-electron chi connectivity index (χ2n) is 3.87. The molecule has 1 aromatic rings. The highest BCUT2D eigenvalue weighted by Crippen LogP contribution is 2.23. The summed E-state index contributed by atoms with van der Waals surface area (Å²) in [5.74, 6) is 0.467. The van der Waals surface area contributed by atoms with Gasteiger partial charge in [0, 0.05) is 43.9 Å². The van der Waals surface area contributed by atoms with Gasteiger partial charge >= 0.3 is 0 Å². The van der Waals surface area contributed by atoms with Crippen LogP contribution in [0.2, 0.25) is 0 Å². The van der Waals surface area contributed by atoms with Crippen molar-refractivity contribution in [2.24, 2.45) is 0 Å². The molecule has 0 amide bonds. The molecule has 1 aromatic heterocycles. The quantitative estimate of drug-likeness (QED) is 0.808. The molecule has 0 aromatic carbocycles. The monoisotopic (exact) mass is 209 g/mol. The molecule has 1 unspecified atom stereocenters. The summed E-state index contributed by atoms with van der Waals surface area (Å²) in [4.78, 5) is 0. The minimum atomic E-state index is 0.467. The first kappa shape index (κ1) is 10.6. The standard InChI is InChI=1S/C11H19N3O/c1-3-14-7-10-9(8-15-4-2)5-12-6-11(10)13-14/h7,9,12H,3-6,8H2,1-2H3. The Bertz CT molecular complexity index is 322. The number of nitrogens with zero attached hydrogens (tertiary/aromatic N) is 2. The minimum Gasteiger partial charge on any atom is -0.381 e. The van der Waals surface area contributed by atoms with Crippen LogP contribution in [0.25, 0.3) is 0 Å². The van der Waals surface area contributed by atoms with Gasteiger partial charge in [-0.3, -0.25) is 4.68 Å². The van der Waals surface area contributed by atoms with Crippen LogP contribution in [0.5, 0.6) is 0 Å². The number of hydrogen-bond acceptors (Lipinski definition) is 3. The first-order valence-corrected chi connectivity index (χ1v) is 5.69. The summed E-state index contributed by atoms with van der Waals surface area (Å²) in [5, 5.41) is 7.91. The number of ether oxygens (including phenoxy) is 1. The molecule has 0 saturated carbocycles. The Morgan fingerprint density at radius 2 is 2.47 bits per heavy atom. The van der Waals surface area contributed by atoms with Crippen LogP contribution in [0, 0.1) is 0 Å². The number of rotatable bonds is 4. The predicted molar refractivity (Wildman–Crippen MR) is 58.8 cm³/mol. The molecule has 0 aliphatic carbocycles. The molecule has 0 radical (unpaired) electrons. The van der Waals surface area contributed by atoms with Crippen LogP contribution in [-0.2, 0) is 17.8 Å². The van der Waals surface area contributed by atoms with E-state index in [1.54, 1.807) is 0 Å². The highest BCUT2D eigenvalue weighted by atomic mass is 16.5. The molecule has 4 nitrogen and oxygen atoms in total. The Balaban J connectivity index is 2.14. The fourth-order valence-electron chi connectivity index (χ4n) is 2.00. The van der Waals surface area contributed by atoms with Crippen LogP contribution in [-0.4, -0.2) is 29.5 Å². The fourth-order valence-corrected chi connectivity index (χ4v) is 2.00. The van der Waals surface area contributed by atoms with Gasteiger partial charge in [0.15, 0.2) is 0 Å². The summed E-state index contributed by atoms with van der Waals surface area (Å²) in [6, 6.07) is 0. The molecule has 1 aliphatic rings. The van der Waals surface area contributed by atoms with Gasteiger partial charge in [-0.2, -0.15) is 5.10 Å². The van der Waals surface area contributed by atoms with Crippen LogP contribution in [0.4, 0.5) is 0 Å². The van der Waals surface area contributed by atoms with Gasteiger partial charge in [-0.15, -0.1) is 0 Å². The van der Waals surface area contributed by atoms with Crippen molar-refractivity contribution in [2.45, 2.75) is 32.9 Å². The van der Waals surface area contributed by atoms with Gasteiger partial charge in [0.05, 0.1) is 12.3 Å². The molecular formula is C11H19N3O. The maximum absolute atomic E-state index is 5.50. The van der Waals surface area contributed by atoms with E-state index in [-0.39, 0.29) is 0 Å². The molecule has 4 heteroatoms. The molecular weight excluding hydrogens is 190 g/mol. The normalized spacial score (nSPS) is 20.3. The Morgan fingerprint density at radius 1 is 1.60 bits per heavy atom. The van der Waals surface area contributed by atoms with Gasteiger partial charge in [-0.05, 0) is 13.8 Å². The van der Waals surface area contributed by atoms with E-state index in [1.165, 1.54) is 11.3 Å². The van der Waals surface area contributed by atoms with E-state index in [2.05, 4.69) is 23.5 Å². The third-order valence-corrected chi connectivity index (χ3v) is 2.84. The molecule has 1 aliphatic heterocycles. The van der Waals surface area contributed by atoms with Crippen molar-refractivity contribution in [1.29, 1.82) is 0 Å². The Kier molecular flexibility index (Phi) is 3.38. The van der Waals surface area contributed by atoms with Gasteiger partial charge < -0.3 is 10.1 Å².